The zero-order valence-electron chi connectivity index (χ0n) is 14.5. The van der Waals surface area contributed by atoms with Crippen LogP contribution in [-0.4, -0.2) is 49.0 Å². The zero-order chi connectivity index (χ0) is 19.0. The second kappa shape index (κ2) is 6.86. The number of hydrogen-bond acceptors (Lipinski definition) is 6. The quantitative estimate of drug-likeness (QED) is 0.699. The molecule has 3 aromatic rings. The Kier molecular flexibility index (Phi) is 4.38. The lowest BCUT2D eigenvalue weighted by Crippen LogP contribution is -2.41. The van der Waals surface area contributed by atoms with Gasteiger partial charge in [0.25, 0.3) is 5.91 Å². The van der Waals surface area contributed by atoms with Crippen LogP contribution in [0.3, 0.4) is 0 Å². The Morgan fingerprint density at radius 1 is 1.30 bits per heavy atom. The van der Waals surface area contributed by atoms with E-state index in [0.717, 1.165) is 18.6 Å². The summed E-state index contributed by atoms with van der Waals surface area (Å²) in [5.41, 5.74) is -0.0739. The Bertz CT molecular complexity index is 965. The molecule has 140 valence electrons. The number of hydrogen-bond donors (Lipinski definition) is 0. The fraction of sp³-hybridized carbons (Fsp3) is 0.353. The van der Waals surface area contributed by atoms with E-state index in [0.29, 0.717) is 30.4 Å². The Balaban J connectivity index is 1.53. The molecule has 10 heteroatoms. The fourth-order valence-corrected chi connectivity index (χ4v) is 3.18. The molecule has 8 nitrogen and oxygen atoms in total. The van der Waals surface area contributed by atoms with Crippen LogP contribution in [-0.2, 0) is 0 Å². The van der Waals surface area contributed by atoms with Gasteiger partial charge >= 0.3 is 0 Å². The zero-order valence-corrected chi connectivity index (χ0v) is 14.5. The van der Waals surface area contributed by atoms with E-state index in [2.05, 4.69) is 20.5 Å². The number of benzene rings is 1. The van der Waals surface area contributed by atoms with Gasteiger partial charge in [-0.2, -0.15) is 4.98 Å². The minimum atomic E-state index is -0.863. The molecule has 1 aromatic carbocycles. The molecule has 1 amide bonds. The minimum Gasteiger partial charge on any atom is -0.339 e. The van der Waals surface area contributed by atoms with Gasteiger partial charge < -0.3 is 9.42 Å². The summed E-state index contributed by atoms with van der Waals surface area (Å²) in [6.45, 7) is 2.38. The average Bonchev–Trinajstić information content (AvgIpc) is 3.30. The maximum Gasteiger partial charge on any atom is 0.259 e. The molecule has 1 aliphatic rings. The first-order valence-corrected chi connectivity index (χ1v) is 8.48. The van der Waals surface area contributed by atoms with E-state index in [1.165, 1.54) is 11.0 Å². The van der Waals surface area contributed by atoms with Crippen LogP contribution in [0.5, 0.6) is 0 Å². The van der Waals surface area contributed by atoms with Crippen molar-refractivity contribution in [3.05, 3.63) is 47.5 Å². The number of halogens is 2. The molecule has 0 spiro atoms. The number of likely N-dealkylation sites (tertiary alicyclic amines) is 1. The van der Waals surface area contributed by atoms with Crippen molar-refractivity contribution in [2.24, 2.45) is 0 Å². The molecule has 0 aliphatic carbocycles. The van der Waals surface area contributed by atoms with Gasteiger partial charge in [0.05, 0.1) is 12.2 Å². The highest BCUT2D eigenvalue weighted by molar-refractivity contribution is 5.94. The molecule has 0 saturated carbocycles. The molecule has 1 fully saturated rings. The third-order valence-corrected chi connectivity index (χ3v) is 4.50. The van der Waals surface area contributed by atoms with E-state index in [-0.39, 0.29) is 12.6 Å². The number of nitrogens with zero attached hydrogens (tertiary/aromatic N) is 6. The summed E-state index contributed by atoms with van der Waals surface area (Å²) in [7, 11) is 0. The monoisotopic (exact) mass is 374 g/mol. The van der Waals surface area contributed by atoms with E-state index >= 15 is 0 Å². The van der Waals surface area contributed by atoms with E-state index in [1.807, 2.05) is 0 Å². The topological polar surface area (TPSA) is 89.9 Å². The molecule has 0 unspecified atom stereocenters. The third kappa shape index (κ3) is 3.29. The highest BCUT2D eigenvalue weighted by Crippen LogP contribution is 2.25. The highest BCUT2D eigenvalue weighted by atomic mass is 19.1. The largest absolute Gasteiger partial charge is 0.339 e. The van der Waals surface area contributed by atoms with Gasteiger partial charge in [-0.3, -0.25) is 4.79 Å². The van der Waals surface area contributed by atoms with Crippen molar-refractivity contribution in [2.75, 3.05) is 13.1 Å². The number of aryl methyl sites for hydroxylation is 1. The van der Waals surface area contributed by atoms with Crippen LogP contribution in [0, 0.1) is 18.6 Å². The van der Waals surface area contributed by atoms with Crippen LogP contribution in [0.25, 0.3) is 11.5 Å². The Labute approximate surface area is 152 Å². The number of piperidine rings is 1. The SMILES string of the molecule is Cc1nc(-c2cn([C@@H]3CCCN(C(=O)c4c(F)cccc4F)C3)nn2)no1. The molecular formula is C17H16F2N6O2. The van der Waals surface area contributed by atoms with Crippen molar-refractivity contribution in [3.8, 4) is 11.5 Å². The molecule has 2 aromatic heterocycles. The Morgan fingerprint density at radius 2 is 2.07 bits per heavy atom. The lowest BCUT2D eigenvalue weighted by Gasteiger charge is -2.32. The van der Waals surface area contributed by atoms with Crippen LogP contribution in [0.15, 0.2) is 28.9 Å². The van der Waals surface area contributed by atoms with Crippen molar-refractivity contribution in [1.82, 2.24) is 30.0 Å². The average molecular weight is 374 g/mol. The van der Waals surface area contributed by atoms with E-state index in [1.54, 1.807) is 17.8 Å². The summed E-state index contributed by atoms with van der Waals surface area (Å²) in [6.07, 6.45) is 3.12. The van der Waals surface area contributed by atoms with Crippen molar-refractivity contribution in [1.29, 1.82) is 0 Å². The molecule has 1 saturated heterocycles. The van der Waals surface area contributed by atoms with Crippen LogP contribution >= 0.6 is 0 Å². The molecule has 3 heterocycles. The second-order valence-electron chi connectivity index (χ2n) is 6.36. The predicted octanol–water partition coefficient (Wildman–Crippen LogP) is 2.39. The number of carbonyl (C=O) groups excluding carboxylic acids is 1. The van der Waals surface area contributed by atoms with Gasteiger partial charge in [0.1, 0.15) is 17.2 Å². The van der Waals surface area contributed by atoms with Gasteiger partial charge in [-0.25, -0.2) is 13.5 Å². The van der Waals surface area contributed by atoms with E-state index in [4.69, 9.17) is 4.52 Å². The number of rotatable bonds is 3. The van der Waals surface area contributed by atoms with Gasteiger partial charge in [-0.15, -0.1) is 5.10 Å². The smallest absolute Gasteiger partial charge is 0.259 e. The molecule has 4 rings (SSSR count). The summed E-state index contributed by atoms with van der Waals surface area (Å²) < 4.78 is 34.4. The number of carbonyl (C=O) groups is 1. The Morgan fingerprint density at radius 3 is 2.78 bits per heavy atom. The first-order chi connectivity index (χ1) is 13.0. The lowest BCUT2D eigenvalue weighted by molar-refractivity contribution is 0.0662. The van der Waals surface area contributed by atoms with Gasteiger partial charge in [0.2, 0.25) is 11.7 Å². The number of amides is 1. The Hall–Kier alpha value is -3.17. The first kappa shape index (κ1) is 17.3. The summed E-state index contributed by atoms with van der Waals surface area (Å²) in [5, 5.41) is 11.9. The van der Waals surface area contributed by atoms with Gasteiger partial charge in [-0.1, -0.05) is 16.4 Å². The van der Waals surface area contributed by atoms with Crippen molar-refractivity contribution < 1.29 is 18.1 Å². The highest BCUT2D eigenvalue weighted by Gasteiger charge is 2.29. The van der Waals surface area contributed by atoms with E-state index < -0.39 is 23.1 Å². The second-order valence-corrected chi connectivity index (χ2v) is 6.36. The lowest BCUT2D eigenvalue weighted by atomic mass is 10.0. The van der Waals surface area contributed by atoms with Gasteiger partial charge in [-0.05, 0) is 25.0 Å². The molecule has 0 N–H and O–H groups in total. The molecular weight excluding hydrogens is 358 g/mol. The predicted molar refractivity (Wildman–Crippen MR) is 88.6 cm³/mol. The maximum absolute atomic E-state index is 13.9. The van der Waals surface area contributed by atoms with Crippen LogP contribution in [0.2, 0.25) is 0 Å². The summed E-state index contributed by atoms with van der Waals surface area (Å²) >= 11 is 0. The molecule has 0 radical (unpaired) electrons. The molecule has 0 bridgehead atoms. The summed E-state index contributed by atoms with van der Waals surface area (Å²) in [5.74, 6) is -1.64. The van der Waals surface area contributed by atoms with Crippen LogP contribution in [0.4, 0.5) is 8.78 Å². The summed E-state index contributed by atoms with van der Waals surface area (Å²) in [6, 6.07) is 3.23. The van der Waals surface area contributed by atoms with Crippen molar-refractivity contribution in [2.45, 2.75) is 25.8 Å². The van der Waals surface area contributed by atoms with Gasteiger partial charge in [0.15, 0.2) is 5.69 Å². The fourth-order valence-electron chi connectivity index (χ4n) is 3.18. The molecule has 1 aliphatic heterocycles. The molecule has 27 heavy (non-hydrogen) atoms. The first-order valence-electron chi connectivity index (χ1n) is 8.48. The van der Waals surface area contributed by atoms with Crippen molar-refractivity contribution >= 4 is 5.91 Å². The maximum atomic E-state index is 13.9. The van der Waals surface area contributed by atoms with Crippen LogP contribution < -0.4 is 0 Å². The molecule has 1 atom stereocenters. The summed E-state index contributed by atoms with van der Waals surface area (Å²) in [4.78, 5) is 18.2. The van der Waals surface area contributed by atoms with Crippen molar-refractivity contribution in [3.63, 3.8) is 0 Å². The minimum absolute atomic E-state index is 0.160. The number of aromatic nitrogens is 5. The standard InChI is InChI=1S/C17H16F2N6O2/c1-10-20-16(22-27-10)14-9-25(23-21-14)11-4-3-7-24(8-11)17(26)15-12(18)5-2-6-13(15)19/h2,5-6,9,11H,3-4,7-8H2,1H3/t11-/m1/s1. The van der Waals surface area contributed by atoms with E-state index in [9.17, 15) is 13.6 Å². The van der Waals surface area contributed by atoms with Crippen LogP contribution in [0.1, 0.15) is 35.1 Å². The normalized spacial score (nSPS) is 17.3. The third-order valence-electron chi connectivity index (χ3n) is 4.50. The van der Waals surface area contributed by atoms with Gasteiger partial charge in [0, 0.05) is 20.0 Å².